The molecule has 5 heteroatoms. The Bertz CT molecular complexity index is 786. The van der Waals surface area contributed by atoms with E-state index in [-0.39, 0.29) is 5.43 Å². The van der Waals surface area contributed by atoms with Gasteiger partial charge >= 0.3 is 0 Å². The number of rotatable bonds is 1. The van der Waals surface area contributed by atoms with Crippen molar-refractivity contribution in [3.05, 3.63) is 46.2 Å². The van der Waals surface area contributed by atoms with Gasteiger partial charge in [-0.1, -0.05) is 16.8 Å². The van der Waals surface area contributed by atoms with Crippen LogP contribution in [0, 0.1) is 6.92 Å². The lowest BCUT2D eigenvalue weighted by atomic mass is 10.1. The van der Waals surface area contributed by atoms with Crippen molar-refractivity contribution in [3.8, 4) is 11.5 Å². The topological polar surface area (TPSA) is 60.9 Å². The highest BCUT2D eigenvalue weighted by atomic mass is 16.3. The second-order valence-electron chi connectivity index (χ2n) is 4.25. The standard InChI is InChI=1S/C13H11N3O2/c1-8-3-4-12-9(5-8)11(17)6-13(18-12)10-7-16(2)15-14-10/h3-7H,1-2H3. The summed E-state index contributed by atoms with van der Waals surface area (Å²) in [6, 6.07) is 6.98. The SMILES string of the molecule is Cc1ccc2oc(-c3cn(C)nn3)cc(=O)c2c1. The van der Waals surface area contributed by atoms with Crippen molar-refractivity contribution in [1.29, 1.82) is 0 Å². The van der Waals surface area contributed by atoms with Crippen LogP contribution in [0.3, 0.4) is 0 Å². The molecule has 0 amide bonds. The number of nitrogens with zero attached hydrogens (tertiary/aromatic N) is 3. The van der Waals surface area contributed by atoms with Crippen LogP contribution in [0.25, 0.3) is 22.4 Å². The van der Waals surface area contributed by atoms with Crippen molar-refractivity contribution in [2.75, 3.05) is 0 Å². The van der Waals surface area contributed by atoms with Crippen molar-refractivity contribution < 1.29 is 4.42 Å². The molecule has 0 bridgehead atoms. The Labute approximate surface area is 103 Å². The molecule has 5 nitrogen and oxygen atoms in total. The molecule has 0 aliphatic rings. The van der Waals surface area contributed by atoms with Crippen molar-refractivity contribution in [2.45, 2.75) is 6.92 Å². The molecular weight excluding hydrogens is 230 g/mol. The molecule has 90 valence electrons. The molecule has 2 heterocycles. The van der Waals surface area contributed by atoms with Crippen LogP contribution < -0.4 is 5.43 Å². The fourth-order valence-electron chi connectivity index (χ4n) is 1.86. The Morgan fingerprint density at radius 3 is 2.83 bits per heavy atom. The van der Waals surface area contributed by atoms with E-state index in [1.54, 1.807) is 24.0 Å². The van der Waals surface area contributed by atoms with E-state index in [9.17, 15) is 4.79 Å². The third-order valence-electron chi connectivity index (χ3n) is 2.74. The molecule has 1 aromatic carbocycles. The van der Waals surface area contributed by atoms with Crippen LogP contribution in [-0.4, -0.2) is 15.0 Å². The first-order valence-corrected chi connectivity index (χ1v) is 5.55. The maximum atomic E-state index is 12.0. The summed E-state index contributed by atoms with van der Waals surface area (Å²) in [7, 11) is 1.76. The third-order valence-corrected chi connectivity index (χ3v) is 2.74. The van der Waals surface area contributed by atoms with Crippen LogP contribution in [0.5, 0.6) is 0 Å². The number of benzene rings is 1. The van der Waals surface area contributed by atoms with Gasteiger partial charge in [0.15, 0.2) is 11.2 Å². The second-order valence-corrected chi connectivity index (χ2v) is 4.25. The minimum atomic E-state index is -0.0689. The molecule has 2 aromatic heterocycles. The van der Waals surface area contributed by atoms with Gasteiger partial charge in [-0.3, -0.25) is 9.48 Å². The van der Waals surface area contributed by atoms with E-state index < -0.39 is 0 Å². The first-order chi connectivity index (χ1) is 8.63. The highest BCUT2D eigenvalue weighted by Gasteiger charge is 2.09. The molecule has 3 rings (SSSR count). The zero-order valence-corrected chi connectivity index (χ0v) is 10.0. The molecule has 0 spiro atoms. The Morgan fingerprint density at radius 1 is 1.28 bits per heavy atom. The fourth-order valence-corrected chi connectivity index (χ4v) is 1.86. The molecule has 0 aliphatic heterocycles. The van der Waals surface area contributed by atoms with Gasteiger partial charge in [0.05, 0.1) is 11.6 Å². The van der Waals surface area contributed by atoms with Gasteiger partial charge in [-0.2, -0.15) is 0 Å². The summed E-state index contributed by atoms with van der Waals surface area (Å²) >= 11 is 0. The molecule has 0 fully saturated rings. The van der Waals surface area contributed by atoms with Crippen LogP contribution in [0.15, 0.2) is 39.7 Å². The quantitative estimate of drug-likeness (QED) is 0.652. The van der Waals surface area contributed by atoms with Crippen LogP contribution >= 0.6 is 0 Å². The lowest BCUT2D eigenvalue weighted by molar-refractivity contribution is 0.615. The summed E-state index contributed by atoms with van der Waals surface area (Å²) < 4.78 is 7.25. The normalized spacial score (nSPS) is 11.0. The molecule has 0 saturated heterocycles. The van der Waals surface area contributed by atoms with E-state index >= 15 is 0 Å². The summed E-state index contributed by atoms with van der Waals surface area (Å²) in [6.45, 7) is 1.94. The van der Waals surface area contributed by atoms with Crippen LogP contribution in [0.4, 0.5) is 0 Å². The van der Waals surface area contributed by atoms with Gasteiger partial charge in [0, 0.05) is 13.1 Å². The zero-order valence-electron chi connectivity index (χ0n) is 10.0. The zero-order chi connectivity index (χ0) is 12.7. The van der Waals surface area contributed by atoms with Gasteiger partial charge < -0.3 is 4.42 Å². The minimum absolute atomic E-state index is 0.0689. The van der Waals surface area contributed by atoms with Gasteiger partial charge in [0.25, 0.3) is 0 Å². The highest BCUT2D eigenvalue weighted by molar-refractivity contribution is 5.78. The third kappa shape index (κ3) is 1.69. The molecule has 0 radical (unpaired) electrons. The monoisotopic (exact) mass is 241 g/mol. The lowest BCUT2D eigenvalue weighted by Crippen LogP contribution is -2.00. The largest absolute Gasteiger partial charge is 0.454 e. The van der Waals surface area contributed by atoms with Gasteiger partial charge in [0.2, 0.25) is 0 Å². The van der Waals surface area contributed by atoms with Crippen LogP contribution in [-0.2, 0) is 7.05 Å². The molecular formula is C13H11N3O2. The van der Waals surface area contributed by atoms with E-state index in [2.05, 4.69) is 10.3 Å². The van der Waals surface area contributed by atoms with Gasteiger partial charge in [-0.15, -0.1) is 5.10 Å². The molecule has 18 heavy (non-hydrogen) atoms. The predicted molar refractivity (Wildman–Crippen MR) is 67.2 cm³/mol. The van der Waals surface area contributed by atoms with Crippen molar-refractivity contribution >= 4 is 11.0 Å². The Hall–Kier alpha value is -2.43. The van der Waals surface area contributed by atoms with E-state index in [1.807, 2.05) is 19.1 Å². The van der Waals surface area contributed by atoms with Crippen LogP contribution in [0.2, 0.25) is 0 Å². The second kappa shape index (κ2) is 3.80. The van der Waals surface area contributed by atoms with E-state index in [4.69, 9.17) is 4.42 Å². The van der Waals surface area contributed by atoms with E-state index in [1.165, 1.54) is 6.07 Å². The minimum Gasteiger partial charge on any atom is -0.454 e. The number of aromatic nitrogens is 3. The number of hydrogen-bond acceptors (Lipinski definition) is 4. The fraction of sp³-hybridized carbons (Fsp3) is 0.154. The van der Waals surface area contributed by atoms with E-state index in [0.29, 0.717) is 22.4 Å². The van der Waals surface area contributed by atoms with Gasteiger partial charge in [-0.25, -0.2) is 0 Å². The smallest absolute Gasteiger partial charge is 0.193 e. The van der Waals surface area contributed by atoms with Gasteiger partial charge in [0.1, 0.15) is 11.3 Å². The summed E-state index contributed by atoms with van der Waals surface area (Å²) in [4.78, 5) is 12.0. The first kappa shape index (κ1) is 10.7. The number of aryl methyl sites for hydroxylation is 2. The van der Waals surface area contributed by atoms with E-state index in [0.717, 1.165) is 5.56 Å². The average molecular weight is 241 g/mol. The predicted octanol–water partition coefficient (Wildman–Crippen LogP) is 1.90. The first-order valence-electron chi connectivity index (χ1n) is 5.55. The molecule has 0 unspecified atom stereocenters. The Morgan fingerprint density at radius 2 is 2.11 bits per heavy atom. The molecule has 3 aromatic rings. The summed E-state index contributed by atoms with van der Waals surface area (Å²) in [5, 5.41) is 8.34. The van der Waals surface area contributed by atoms with Gasteiger partial charge in [-0.05, 0) is 19.1 Å². The highest BCUT2D eigenvalue weighted by Crippen LogP contribution is 2.20. The van der Waals surface area contributed by atoms with Crippen molar-refractivity contribution in [1.82, 2.24) is 15.0 Å². The Balaban J connectivity index is 2.28. The number of fused-ring (bicyclic) bond motifs is 1. The average Bonchev–Trinajstić information content (AvgIpc) is 2.77. The maximum Gasteiger partial charge on any atom is 0.193 e. The Kier molecular flexibility index (Phi) is 2.26. The van der Waals surface area contributed by atoms with Crippen molar-refractivity contribution in [2.24, 2.45) is 7.05 Å². The number of hydrogen-bond donors (Lipinski definition) is 0. The summed E-state index contributed by atoms with van der Waals surface area (Å²) in [5.41, 5.74) is 2.08. The molecule has 0 N–H and O–H groups in total. The maximum absolute atomic E-state index is 12.0. The lowest BCUT2D eigenvalue weighted by Gasteiger charge is -2.00. The molecule has 0 aliphatic carbocycles. The summed E-state index contributed by atoms with van der Waals surface area (Å²) in [5.74, 6) is 0.435. The summed E-state index contributed by atoms with van der Waals surface area (Å²) in [6.07, 6.45) is 1.71. The van der Waals surface area contributed by atoms with Crippen molar-refractivity contribution in [3.63, 3.8) is 0 Å². The molecule has 0 atom stereocenters. The van der Waals surface area contributed by atoms with Crippen LogP contribution in [0.1, 0.15) is 5.56 Å². The molecule has 0 saturated carbocycles.